The van der Waals surface area contributed by atoms with Gasteiger partial charge >= 0.3 is 6.03 Å². The second-order valence-electron chi connectivity index (χ2n) is 7.61. The summed E-state index contributed by atoms with van der Waals surface area (Å²) < 4.78 is 0. The molecule has 23 heavy (non-hydrogen) atoms. The molecular weight excluding hydrogens is 290 g/mol. The average Bonchev–Trinajstić information content (AvgIpc) is 2.47. The summed E-state index contributed by atoms with van der Waals surface area (Å²) in [7, 11) is 0. The second-order valence-corrected chi connectivity index (χ2v) is 7.61. The van der Waals surface area contributed by atoms with Crippen LogP contribution in [0.4, 0.5) is 4.79 Å². The van der Waals surface area contributed by atoms with Crippen LogP contribution < -0.4 is 10.7 Å². The van der Waals surface area contributed by atoms with Gasteiger partial charge in [-0.3, -0.25) is 0 Å². The first-order valence-electron chi connectivity index (χ1n) is 8.50. The second kappa shape index (κ2) is 5.55. The lowest BCUT2D eigenvalue weighted by Gasteiger charge is -2.56. The molecule has 0 radical (unpaired) electrons. The Bertz CT molecular complexity index is 588. The molecule has 2 amide bonds. The van der Waals surface area contributed by atoms with Crippen molar-refractivity contribution in [1.82, 2.24) is 10.7 Å². The first-order chi connectivity index (χ1) is 11.1. The number of phenolic OH excluding ortho intramolecular Hbond substituents is 1. The number of carbonyl (C=O) groups is 1. The van der Waals surface area contributed by atoms with Gasteiger partial charge in [-0.2, -0.15) is 5.10 Å². The number of hydrogen-bond donors (Lipinski definition) is 3. The average molecular weight is 313 g/mol. The van der Waals surface area contributed by atoms with E-state index < -0.39 is 0 Å². The van der Waals surface area contributed by atoms with E-state index in [1.54, 1.807) is 30.5 Å². The lowest BCUT2D eigenvalue weighted by molar-refractivity contribution is -0.0135. The van der Waals surface area contributed by atoms with Gasteiger partial charge in [0.25, 0.3) is 0 Å². The monoisotopic (exact) mass is 313 g/mol. The number of phenols is 1. The summed E-state index contributed by atoms with van der Waals surface area (Å²) in [6.07, 6.45) is 9.07. The van der Waals surface area contributed by atoms with E-state index in [4.69, 9.17) is 0 Å². The number of carbonyl (C=O) groups excluding carboxylic acids is 1. The molecule has 4 bridgehead atoms. The number of rotatable bonds is 3. The molecule has 1 aromatic rings. The Labute approximate surface area is 136 Å². The van der Waals surface area contributed by atoms with E-state index in [2.05, 4.69) is 15.8 Å². The maximum Gasteiger partial charge on any atom is 0.335 e. The molecule has 0 spiro atoms. The van der Waals surface area contributed by atoms with Crippen LogP contribution in [0.5, 0.6) is 5.75 Å². The van der Waals surface area contributed by atoms with Crippen LogP contribution in [0.1, 0.15) is 44.1 Å². The summed E-state index contributed by atoms with van der Waals surface area (Å²) in [5.41, 5.74) is 3.42. The molecule has 122 valence electrons. The third-order valence-electron chi connectivity index (χ3n) is 5.69. The van der Waals surface area contributed by atoms with E-state index in [1.807, 2.05) is 0 Å². The Morgan fingerprint density at radius 3 is 2.22 bits per heavy atom. The van der Waals surface area contributed by atoms with Crippen molar-refractivity contribution in [3.8, 4) is 5.75 Å². The van der Waals surface area contributed by atoms with Gasteiger partial charge in [0.1, 0.15) is 5.75 Å². The van der Waals surface area contributed by atoms with Gasteiger partial charge < -0.3 is 10.4 Å². The third kappa shape index (κ3) is 3.05. The van der Waals surface area contributed by atoms with Crippen molar-refractivity contribution < 1.29 is 9.90 Å². The van der Waals surface area contributed by atoms with Crippen molar-refractivity contribution in [3.63, 3.8) is 0 Å². The van der Waals surface area contributed by atoms with Crippen LogP contribution in [-0.4, -0.2) is 22.9 Å². The largest absolute Gasteiger partial charge is 0.508 e. The summed E-state index contributed by atoms with van der Waals surface area (Å²) in [6.45, 7) is 0. The van der Waals surface area contributed by atoms with Gasteiger partial charge in [0, 0.05) is 5.54 Å². The molecule has 0 unspecified atom stereocenters. The van der Waals surface area contributed by atoms with Crippen molar-refractivity contribution in [2.45, 2.75) is 44.1 Å². The number of nitrogens with zero attached hydrogens (tertiary/aromatic N) is 1. The molecule has 3 N–H and O–H groups in total. The quantitative estimate of drug-likeness (QED) is 0.593. The van der Waals surface area contributed by atoms with E-state index >= 15 is 0 Å². The highest BCUT2D eigenvalue weighted by atomic mass is 16.3. The Balaban J connectivity index is 1.34. The van der Waals surface area contributed by atoms with Crippen LogP contribution in [0.3, 0.4) is 0 Å². The van der Waals surface area contributed by atoms with E-state index in [-0.39, 0.29) is 17.3 Å². The van der Waals surface area contributed by atoms with E-state index in [1.165, 1.54) is 19.3 Å². The van der Waals surface area contributed by atoms with Crippen molar-refractivity contribution in [2.75, 3.05) is 0 Å². The molecule has 4 aliphatic carbocycles. The van der Waals surface area contributed by atoms with E-state index in [9.17, 15) is 9.90 Å². The SMILES string of the molecule is O=C(NN=Cc1ccc(O)cc1)NC12CC3CC(CC(C3)C1)C2. The van der Waals surface area contributed by atoms with Gasteiger partial charge in [-0.15, -0.1) is 0 Å². The van der Waals surface area contributed by atoms with Gasteiger partial charge in [0.15, 0.2) is 0 Å². The summed E-state index contributed by atoms with van der Waals surface area (Å²) in [5.74, 6) is 2.64. The van der Waals surface area contributed by atoms with E-state index in [0.717, 1.165) is 42.6 Å². The summed E-state index contributed by atoms with van der Waals surface area (Å²) in [5, 5.41) is 16.5. The topological polar surface area (TPSA) is 73.7 Å². The molecule has 1 aromatic carbocycles. The molecule has 4 aliphatic rings. The maximum atomic E-state index is 12.2. The Morgan fingerprint density at radius 1 is 1.09 bits per heavy atom. The zero-order chi connectivity index (χ0) is 15.9. The predicted octanol–water partition coefficient (Wildman–Crippen LogP) is 2.99. The highest BCUT2D eigenvalue weighted by molar-refractivity contribution is 5.82. The minimum atomic E-state index is -0.207. The Morgan fingerprint density at radius 2 is 1.65 bits per heavy atom. The lowest BCUT2D eigenvalue weighted by atomic mass is 9.53. The fraction of sp³-hybridized carbons (Fsp3) is 0.556. The number of hydrogen-bond acceptors (Lipinski definition) is 3. The fourth-order valence-corrected chi connectivity index (χ4v) is 5.26. The van der Waals surface area contributed by atoms with E-state index in [0.29, 0.717) is 0 Å². The highest BCUT2D eigenvalue weighted by Crippen LogP contribution is 2.55. The number of amides is 2. The van der Waals surface area contributed by atoms with Crippen molar-refractivity contribution >= 4 is 12.2 Å². The van der Waals surface area contributed by atoms with Crippen molar-refractivity contribution in [1.29, 1.82) is 0 Å². The molecule has 4 saturated carbocycles. The number of hydrazone groups is 1. The van der Waals surface area contributed by atoms with Gasteiger partial charge in [-0.1, -0.05) is 0 Å². The third-order valence-corrected chi connectivity index (χ3v) is 5.69. The summed E-state index contributed by atoms with van der Waals surface area (Å²) >= 11 is 0. The summed E-state index contributed by atoms with van der Waals surface area (Å²) in [6, 6.07) is 6.48. The van der Waals surface area contributed by atoms with Crippen LogP contribution >= 0.6 is 0 Å². The zero-order valence-electron chi connectivity index (χ0n) is 13.2. The predicted molar refractivity (Wildman–Crippen MR) is 88.3 cm³/mol. The minimum absolute atomic E-state index is 0.00684. The van der Waals surface area contributed by atoms with Gasteiger partial charge in [-0.05, 0) is 86.1 Å². The Kier molecular flexibility index (Phi) is 3.51. The van der Waals surface area contributed by atoms with Crippen LogP contribution in [0.2, 0.25) is 0 Å². The van der Waals surface area contributed by atoms with Gasteiger partial charge in [-0.25, -0.2) is 10.2 Å². The number of aromatic hydroxyl groups is 1. The van der Waals surface area contributed by atoms with Crippen LogP contribution in [-0.2, 0) is 0 Å². The highest BCUT2D eigenvalue weighted by Gasteiger charge is 2.51. The molecule has 5 rings (SSSR count). The van der Waals surface area contributed by atoms with Gasteiger partial charge in [0.2, 0.25) is 0 Å². The first-order valence-corrected chi connectivity index (χ1v) is 8.50. The Hall–Kier alpha value is -2.04. The molecule has 0 aromatic heterocycles. The first kappa shape index (κ1) is 14.5. The molecule has 0 aliphatic heterocycles. The van der Waals surface area contributed by atoms with Crippen LogP contribution in [0, 0.1) is 17.8 Å². The molecule has 0 atom stereocenters. The zero-order valence-corrected chi connectivity index (χ0v) is 13.2. The number of benzene rings is 1. The number of nitrogens with one attached hydrogen (secondary N) is 2. The molecular formula is C18H23N3O2. The molecule has 5 nitrogen and oxygen atoms in total. The lowest BCUT2D eigenvalue weighted by Crippen LogP contribution is -2.61. The van der Waals surface area contributed by atoms with Crippen molar-refractivity contribution in [3.05, 3.63) is 29.8 Å². The van der Waals surface area contributed by atoms with Gasteiger partial charge in [0.05, 0.1) is 6.21 Å². The molecule has 4 fully saturated rings. The smallest absolute Gasteiger partial charge is 0.335 e. The molecule has 0 heterocycles. The molecule has 0 saturated heterocycles. The van der Waals surface area contributed by atoms with Crippen molar-refractivity contribution in [2.24, 2.45) is 22.9 Å². The van der Waals surface area contributed by atoms with Crippen LogP contribution in [0.25, 0.3) is 0 Å². The summed E-state index contributed by atoms with van der Waals surface area (Å²) in [4.78, 5) is 12.2. The fourth-order valence-electron chi connectivity index (χ4n) is 5.26. The normalized spacial score (nSPS) is 34.7. The molecule has 5 heteroatoms. The van der Waals surface area contributed by atoms with Crippen LogP contribution in [0.15, 0.2) is 29.4 Å². The minimum Gasteiger partial charge on any atom is -0.508 e. The standard InChI is InChI=1S/C18H23N3O2/c22-16-3-1-12(2-4-16)11-19-21-17(23)20-18-8-13-5-14(9-18)7-15(6-13)10-18/h1-4,11,13-15,22H,5-10H2,(H2,20,21,23). The number of urea groups is 1. The maximum absolute atomic E-state index is 12.2.